The van der Waals surface area contributed by atoms with Gasteiger partial charge in [-0.25, -0.2) is 4.79 Å². The monoisotopic (exact) mass is 334 g/mol. The Morgan fingerprint density at radius 1 is 1.08 bits per heavy atom. The fourth-order valence-electron chi connectivity index (χ4n) is 2.44. The van der Waals surface area contributed by atoms with Gasteiger partial charge in [-0.15, -0.1) is 0 Å². The van der Waals surface area contributed by atoms with Crippen molar-refractivity contribution in [3.05, 3.63) is 34.9 Å². The van der Waals surface area contributed by atoms with Crippen LogP contribution in [0.3, 0.4) is 0 Å². The van der Waals surface area contributed by atoms with Crippen molar-refractivity contribution >= 4 is 17.8 Å². The van der Waals surface area contributed by atoms with E-state index >= 15 is 0 Å². The third-order valence-corrected chi connectivity index (χ3v) is 3.42. The van der Waals surface area contributed by atoms with Gasteiger partial charge in [-0.05, 0) is 38.3 Å². The Hall–Kier alpha value is -2.37. The molecule has 0 radical (unpaired) electrons. The molecule has 0 bridgehead atoms. The van der Waals surface area contributed by atoms with Crippen molar-refractivity contribution in [3.8, 4) is 0 Å². The predicted molar refractivity (Wildman–Crippen MR) is 91.7 cm³/mol. The predicted octanol–water partition coefficient (Wildman–Crippen LogP) is 1.74. The van der Waals surface area contributed by atoms with Gasteiger partial charge >= 0.3 is 5.97 Å². The molecule has 1 aromatic carbocycles. The van der Waals surface area contributed by atoms with Gasteiger partial charge < -0.3 is 15.4 Å². The number of methoxy groups -OCH3 is 1. The van der Waals surface area contributed by atoms with E-state index in [0.717, 1.165) is 11.1 Å². The van der Waals surface area contributed by atoms with E-state index in [-0.39, 0.29) is 18.4 Å². The molecule has 6 nitrogen and oxygen atoms in total. The minimum atomic E-state index is -0.708. The summed E-state index contributed by atoms with van der Waals surface area (Å²) in [6.45, 7) is 7.51. The van der Waals surface area contributed by atoms with Crippen LogP contribution in [0.15, 0.2) is 18.2 Å². The Bertz CT molecular complexity index is 591. The Morgan fingerprint density at radius 3 is 2.17 bits per heavy atom. The first-order chi connectivity index (χ1) is 11.2. The lowest BCUT2D eigenvalue weighted by atomic mass is 10.0. The van der Waals surface area contributed by atoms with Gasteiger partial charge in [0.1, 0.15) is 6.04 Å². The van der Waals surface area contributed by atoms with Crippen LogP contribution in [0.2, 0.25) is 0 Å². The number of hydrogen-bond donors (Lipinski definition) is 2. The Morgan fingerprint density at radius 2 is 1.67 bits per heavy atom. The van der Waals surface area contributed by atoms with Gasteiger partial charge in [0, 0.05) is 5.56 Å². The summed E-state index contributed by atoms with van der Waals surface area (Å²) in [7, 11) is 1.28. The van der Waals surface area contributed by atoms with Gasteiger partial charge in [0.15, 0.2) is 0 Å². The summed E-state index contributed by atoms with van der Waals surface area (Å²) in [6.07, 6.45) is 0.476. The highest BCUT2D eigenvalue weighted by Crippen LogP contribution is 2.09. The first-order valence-corrected chi connectivity index (χ1v) is 7.96. The Balaban J connectivity index is 2.60. The molecule has 1 unspecified atom stereocenters. The van der Waals surface area contributed by atoms with Crippen molar-refractivity contribution in [2.24, 2.45) is 5.92 Å². The summed E-state index contributed by atoms with van der Waals surface area (Å²) in [6, 6.07) is 4.78. The van der Waals surface area contributed by atoms with Crippen LogP contribution in [-0.4, -0.2) is 37.5 Å². The van der Waals surface area contributed by atoms with Crippen LogP contribution in [0, 0.1) is 19.8 Å². The highest BCUT2D eigenvalue weighted by Gasteiger charge is 2.22. The first kappa shape index (κ1) is 19.7. The van der Waals surface area contributed by atoms with E-state index in [0.29, 0.717) is 12.0 Å². The summed E-state index contributed by atoms with van der Waals surface area (Å²) >= 11 is 0. The number of amides is 2. The van der Waals surface area contributed by atoms with Crippen molar-refractivity contribution < 1.29 is 19.1 Å². The van der Waals surface area contributed by atoms with E-state index < -0.39 is 17.9 Å². The molecule has 0 aliphatic rings. The van der Waals surface area contributed by atoms with Gasteiger partial charge in [0.2, 0.25) is 5.91 Å². The Kier molecular flexibility index (Phi) is 7.42. The smallest absolute Gasteiger partial charge is 0.328 e. The highest BCUT2D eigenvalue weighted by atomic mass is 16.5. The molecule has 1 atom stereocenters. The molecule has 0 aliphatic heterocycles. The molecule has 0 spiro atoms. The molecule has 2 N–H and O–H groups in total. The summed E-state index contributed by atoms with van der Waals surface area (Å²) in [5, 5.41) is 5.17. The SMILES string of the molecule is COC(=O)C(CC(C)C)NC(=O)CNC(=O)c1cc(C)cc(C)c1. The highest BCUT2D eigenvalue weighted by molar-refractivity contribution is 5.97. The molecular formula is C18H26N2O4. The zero-order valence-electron chi connectivity index (χ0n) is 14.9. The summed E-state index contributed by atoms with van der Waals surface area (Å²) in [5.74, 6) is -1.02. The largest absolute Gasteiger partial charge is 0.467 e. The van der Waals surface area contributed by atoms with Crippen LogP contribution >= 0.6 is 0 Å². The van der Waals surface area contributed by atoms with Crippen molar-refractivity contribution in [1.29, 1.82) is 0 Å². The molecule has 0 heterocycles. The van der Waals surface area contributed by atoms with E-state index in [4.69, 9.17) is 4.74 Å². The molecule has 2 amide bonds. The average Bonchev–Trinajstić information content (AvgIpc) is 2.49. The molecule has 132 valence electrons. The molecule has 0 aromatic heterocycles. The van der Waals surface area contributed by atoms with Gasteiger partial charge in [0.25, 0.3) is 5.91 Å². The van der Waals surface area contributed by atoms with Crippen molar-refractivity contribution in [1.82, 2.24) is 10.6 Å². The lowest BCUT2D eigenvalue weighted by molar-refractivity contribution is -0.145. The summed E-state index contributed by atoms with van der Waals surface area (Å²) < 4.78 is 4.69. The standard InChI is InChI=1S/C18H26N2O4/c1-11(2)6-15(18(23)24-5)20-16(21)10-19-17(22)14-8-12(3)7-13(4)9-14/h7-9,11,15H,6,10H2,1-5H3,(H,19,22)(H,20,21). The minimum absolute atomic E-state index is 0.197. The zero-order chi connectivity index (χ0) is 18.3. The number of hydrogen-bond acceptors (Lipinski definition) is 4. The number of benzene rings is 1. The minimum Gasteiger partial charge on any atom is -0.467 e. The number of carbonyl (C=O) groups excluding carboxylic acids is 3. The normalized spacial score (nSPS) is 11.8. The topological polar surface area (TPSA) is 84.5 Å². The molecule has 0 saturated carbocycles. The zero-order valence-corrected chi connectivity index (χ0v) is 14.9. The van der Waals surface area contributed by atoms with Gasteiger partial charge in [-0.2, -0.15) is 0 Å². The first-order valence-electron chi connectivity index (χ1n) is 7.96. The third-order valence-electron chi connectivity index (χ3n) is 3.42. The summed E-state index contributed by atoms with van der Waals surface area (Å²) in [4.78, 5) is 35.8. The van der Waals surface area contributed by atoms with Crippen molar-refractivity contribution in [2.45, 2.75) is 40.2 Å². The van der Waals surface area contributed by atoms with E-state index in [2.05, 4.69) is 10.6 Å². The second-order valence-corrected chi connectivity index (χ2v) is 6.33. The van der Waals surface area contributed by atoms with Crippen LogP contribution in [0.4, 0.5) is 0 Å². The quantitative estimate of drug-likeness (QED) is 0.744. The van der Waals surface area contributed by atoms with Crippen molar-refractivity contribution in [3.63, 3.8) is 0 Å². The van der Waals surface area contributed by atoms with E-state index in [1.165, 1.54) is 7.11 Å². The number of nitrogens with one attached hydrogen (secondary N) is 2. The average molecular weight is 334 g/mol. The van der Waals surface area contributed by atoms with Crippen LogP contribution in [-0.2, 0) is 14.3 Å². The fraction of sp³-hybridized carbons (Fsp3) is 0.500. The van der Waals surface area contributed by atoms with Crippen LogP contribution in [0.1, 0.15) is 41.8 Å². The molecule has 1 aromatic rings. The number of carbonyl (C=O) groups is 3. The summed E-state index contributed by atoms with van der Waals surface area (Å²) in [5.41, 5.74) is 2.46. The number of rotatable bonds is 7. The van der Waals surface area contributed by atoms with E-state index in [1.54, 1.807) is 12.1 Å². The van der Waals surface area contributed by atoms with Gasteiger partial charge in [-0.1, -0.05) is 31.0 Å². The van der Waals surface area contributed by atoms with Gasteiger partial charge in [-0.3, -0.25) is 9.59 Å². The lowest BCUT2D eigenvalue weighted by Gasteiger charge is -2.18. The second kappa shape index (κ2) is 9.05. The maximum Gasteiger partial charge on any atom is 0.328 e. The molecular weight excluding hydrogens is 308 g/mol. The third kappa shape index (κ3) is 6.40. The molecule has 0 saturated heterocycles. The molecule has 0 fully saturated rings. The lowest BCUT2D eigenvalue weighted by Crippen LogP contribution is -2.46. The number of esters is 1. The molecule has 0 aliphatic carbocycles. The fourth-order valence-corrected chi connectivity index (χ4v) is 2.44. The maximum atomic E-state index is 12.1. The van der Waals surface area contributed by atoms with Gasteiger partial charge in [0.05, 0.1) is 13.7 Å². The van der Waals surface area contributed by atoms with Crippen LogP contribution in [0.5, 0.6) is 0 Å². The van der Waals surface area contributed by atoms with E-state index in [1.807, 2.05) is 33.8 Å². The molecule has 6 heteroatoms. The maximum absolute atomic E-state index is 12.1. The Labute approximate surface area is 143 Å². The number of ether oxygens (including phenoxy) is 1. The van der Waals surface area contributed by atoms with Crippen molar-refractivity contribution in [2.75, 3.05) is 13.7 Å². The molecule has 1 rings (SSSR count). The molecule has 24 heavy (non-hydrogen) atoms. The van der Waals surface area contributed by atoms with Crippen LogP contribution < -0.4 is 10.6 Å². The number of aryl methyl sites for hydroxylation is 2. The van der Waals surface area contributed by atoms with E-state index in [9.17, 15) is 14.4 Å². The van der Waals surface area contributed by atoms with Crippen LogP contribution in [0.25, 0.3) is 0 Å². The second-order valence-electron chi connectivity index (χ2n) is 6.33.